The number of rotatable bonds is 7. The highest BCUT2D eigenvalue weighted by molar-refractivity contribution is 4.90. The summed E-state index contributed by atoms with van der Waals surface area (Å²) in [5.74, 6) is 0.380. The summed E-state index contributed by atoms with van der Waals surface area (Å²) in [6.07, 6.45) is 2.01. The average Bonchev–Trinajstić information content (AvgIpc) is 2.18. The molecule has 0 saturated heterocycles. The zero-order chi connectivity index (χ0) is 12.1. The van der Waals surface area contributed by atoms with Gasteiger partial charge in [-0.25, -0.2) is 0 Å². The molecular formula is C13H29NO. The molecule has 2 heteroatoms. The first-order valence-electron chi connectivity index (χ1n) is 6.34. The molecule has 0 aromatic heterocycles. The van der Waals surface area contributed by atoms with Crippen LogP contribution in [0.15, 0.2) is 0 Å². The second-order valence-corrected chi connectivity index (χ2v) is 5.04. The first-order chi connectivity index (χ1) is 6.91. The number of nitrogens with zero attached hydrogens (tertiary/aromatic N) is 1. The molecule has 15 heavy (non-hydrogen) atoms. The summed E-state index contributed by atoms with van der Waals surface area (Å²) in [4.78, 5) is 2.34. The van der Waals surface area contributed by atoms with Crippen molar-refractivity contribution in [3.63, 3.8) is 0 Å². The third-order valence-corrected chi connectivity index (χ3v) is 3.59. The van der Waals surface area contributed by atoms with Gasteiger partial charge in [-0.2, -0.15) is 0 Å². The van der Waals surface area contributed by atoms with Gasteiger partial charge in [0.15, 0.2) is 0 Å². The quantitative estimate of drug-likeness (QED) is 0.706. The predicted octanol–water partition coefficient (Wildman–Crippen LogP) is 2.90. The maximum atomic E-state index is 10.4. The normalized spacial score (nSPS) is 16.8. The number of hydrogen-bond donors (Lipinski definition) is 1. The molecule has 0 aliphatic carbocycles. The van der Waals surface area contributed by atoms with Crippen LogP contribution in [0.4, 0.5) is 0 Å². The second-order valence-electron chi connectivity index (χ2n) is 5.04. The maximum absolute atomic E-state index is 10.4. The SMILES string of the molecule is CCCC(C)C(O)C(C)(C)N(CC)CC. The Hall–Kier alpha value is -0.0800. The summed E-state index contributed by atoms with van der Waals surface area (Å²) in [5, 5.41) is 10.4. The van der Waals surface area contributed by atoms with Crippen LogP contribution in [0.3, 0.4) is 0 Å². The van der Waals surface area contributed by atoms with E-state index in [1.807, 2.05) is 0 Å². The largest absolute Gasteiger partial charge is 0.391 e. The van der Waals surface area contributed by atoms with E-state index in [4.69, 9.17) is 0 Å². The molecule has 0 fully saturated rings. The van der Waals surface area contributed by atoms with E-state index >= 15 is 0 Å². The summed E-state index contributed by atoms with van der Waals surface area (Å²) < 4.78 is 0. The van der Waals surface area contributed by atoms with E-state index in [1.165, 1.54) is 0 Å². The standard InChI is InChI=1S/C13H29NO/c1-7-10-11(4)12(15)13(5,6)14(8-2)9-3/h11-12,15H,7-10H2,1-6H3. The van der Waals surface area contributed by atoms with E-state index in [2.05, 4.69) is 46.4 Å². The molecule has 1 N–H and O–H groups in total. The molecule has 0 aliphatic heterocycles. The number of hydrogen-bond acceptors (Lipinski definition) is 2. The molecule has 0 radical (unpaired) electrons. The molecule has 0 aromatic carbocycles. The van der Waals surface area contributed by atoms with E-state index in [0.29, 0.717) is 5.92 Å². The lowest BCUT2D eigenvalue weighted by molar-refractivity contribution is -0.0361. The van der Waals surface area contributed by atoms with Gasteiger partial charge in [-0.1, -0.05) is 34.1 Å². The van der Waals surface area contributed by atoms with Crippen LogP contribution in [-0.2, 0) is 0 Å². The van der Waals surface area contributed by atoms with Gasteiger partial charge in [0.1, 0.15) is 0 Å². The topological polar surface area (TPSA) is 23.5 Å². The Labute approximate surface area is 95.7 Å². The van der Waals surface area contributed by atoms with Crippen molar-refractivity contribution in [2.45, 2.75) is 66.0 Å². The smallest absolute Gasteiger partial charge is 0.0743 e. The van der Waals surface area contributed by atoms with Crippen LogP contribution in [0, 0.1) is 5.92 Å². The lowest BCUT2D eigenvalue weighted by Gasteiger charge is -2.43. The molecule has 0 aliphatic rings. The zero-order valence-corrected chi connectivity index (χ0v) is 11.4. The van der Waals surface area contributed by atoms with E-state index in [-0.39, 0.29) is 11.6 Å². The van der Waals surface area contributed by atoms with Crippen molar-refractivity contribution < 1.29 is 5.11 Å². The molecule has 0 rings (SSSR count). The van der Waals surface area contributed by atoms with Gasteiger partial charge in [-0.15, -0.1) is 0 Å². The number of aliphatic hydroxyl groups is 1. The fraction of sp³-hybridized carbons (Fsp3) is 1.00. The summed E-state index contributed by atoms with van der Waals surface area (Å²) in [5.41, 5.74) is -0.113. The highest BCUT2D eigenvalue weighted by Crippen LogP contribution is 2.26. The second kappa shape index (κ2) is 6.49. The molecule has 2 atom stereocenters. The average molecular weight is 215 g/mol. The van der Waals surface area contributed by atoms with Gasteiger partial charge >= 0.3 is 0 Å². The monoisotopic (exact) mass is 215 g/mol. The van der Waals surface area contributed by atoms with Crippen molar-refractivity contribution in [1.82, 2.24) is 4.90 Å². The highest BCUT2D eigenvalue weighted by atomic mass is 16.3. The molecule has 2 nitrogen and oxygen atoms in total. The minimum Gasteiger partial charge on any atom is -0.391 e. The Morgan fingerprint density at radius 3 is 1.93 bits per heavy atom. The van der Waals surface area contributed by atoms with Gasteiger partial charge in [0.2, 0.25) is 0 Å². The van der Waals surface area contributed by atoms with Gasteiger partial charge in [0, 0.05) is 5.54 Å². The summed E-state index contributed by atoms with van der Waals surface area (Å²) in [7, 11) is 0. The molecule has 0 bridgehead atoms. The van der Waals surface area contributed by atoms with Crippen LogP contribution in [0.5, 0.6) is 0 Å². The Morgan fingerprint density at radius 2 is 1.60 bits per heavy atom. The minimum absolute atomic E-state index is 0.113. The van der Waals surface area contributed by atoms with Crippen LogP contribution >= 0.6 is 0 Å². The molecule has 0 spiro atoms. The Morgan fingerprint density at radius 1 is 1.13 bits per heavy atom. The first-order valence-corrected chi connectivity index (χ1v) is 6.34. The zero-order valence-electron chi connectivity index (χ0n) is 11.4. The van der Waals surface area contributed by atoms with Crippen LogP contribution < -0.4 is 0 Å². The highest BCUT2D eigenvalue weighted by Gasteiger charge is 2.35. The fourth-order valence-electron chi connectivity index (χ4n) is 2.54. The summed E-state index contributed by atoms with van der Waals surface area (Å²) >= 11 is 0. The predicted molar refractivity (Wildman–Crippen MR) is 67.1 cm³/mol. The summed E-state index contributed by atoms with van der Waals surface area (Å²) in [6, 6.07) is 0. The molecule has 0 amide bonds. The molecule has 0 aromatic rings. The van der Waals surface area contributed by atoms with Gasteiger partial charge < -0.3 is 5.11 Å². The van der Waals surface area contributed by atoms with Crippen molar-refractivity contribution in [1.29, 1.82) is 0 Å². The lowest BCUT2D eigenvalue weighted by Crippen LogP contribution is -2.54. The molecule has 0 saturated carbocycles. The molecular weight excluding hydrogens is 186 g/mol. The number of likely N-dealkylation sites (N-methyl/N-ethyl adjacent to an activating group) is 1. The van der Waals surface area contributed by atoms with E-state index in [9.17, 15) is 5.11 Å². The van der Waals surface area contributed by atoms with Crippen molar-refractivity contribution in [3.8, 4) is 0 Å². The minimum atomic E-state index is -0.239. The van der Waals surface area contributed by atoms with Crippen molar-refractivity contribution in [2.24, 2.45) is 5.92 Å². The lowest BCUT2D eigenvalue weighted by atomic mass is 9.84. The van der Waals surface area contributed by atoms with Crippen LogP contribution in [-0.4, -0.2) is 34.7 Å². The summed E-state index contributed by atoms with van der Waals surface area (Å²) in [6.45, 7) is 14.9. The molecule has 2 unspecified atom stereocenters. The van der Waals surface area contributed by atoms with Crippen LogP contribution in [0.25, 0.3) is 0 Å². The maximum Gasteiger partial charge on any atom is 0.0743 e. The Balaban J connectivity index is 4.54. The van der Waals surface area contributed by atoms with Crippen LogP contribution in [0.2, 0.25) is 0 Å². The van der Waals surface area contributed by atoms with Crippen molar-refractivity contribution >= 4 is 0 Å². The van der Waals surface area contributed by atoms with E-state index in [1.54, 1.807) is 0 Å². The van der Waals surface area contributed by atoms with E-state index in [0.717, 1.165) is 25.9 Å². The van der Waals surface area contributed by atoms with Gasteiger partial charge in [0.25, 0.3) is 0 Å². The number of aliphatic hydroxyl groups excluding tert-OH is 1. The fourth-order valence-corrected chi connectivity index (χ4v) is 2.54. The molecule has 0 heterocycles. The third kappa shape index (κ3) is 3.76. The van der Waals surface area contributed by atoms with Gasteiger partial charge in [0.05, 0.1) is 6.10 Å². The van der Waals surface area contributed by atoms with Crippen molar-refractivity contribution in [2.75, 3.05) is 13.1 Å². The third-order valence-electron chi connectivity index (χ3n) is 3.59. The first kappa shape index (κ1) is 14.9. The Kier molecular flexibility index (Phi) is 6.46. The van der Waals surface area contributed by atoms with Gasteiger partial charge in [-0.3, -0.25) is 4.90 Å². The van der Waals surface area contributed by atoms with Gasteiger partial charge in [-0.05, 0) is 39.3 Å². The van der Waals surface area contributed by atoms with Crippen LogP contribution in [0.1, 0.15) is 54.4 Å². The Bertz CT molecular complexity index is 164. The van der Waals surface area contributed by atoms with Crippen molar-refractivity contribution in [3.05, 3.63) is 0 Å². The van der Waals surface area contributed by atoms with E-state index < -0.39 is 0 Å². The molecule has 92 valence electrons.